The Morgan fingerprint density at radius 3 is 2.26 bits per heavy atom. The minimum Gasteiger partial charge on any atom is -0.481 e. The van der Waals surface area contributed by atoms with Gasteiger partial charge < -0.3 is 19.7 Å². The van der Waals surface area contributed by atoms with Gasteiger partial charge in [-0.15, -0.1) is 0 Å². The van der Waals surface area contributed by atoms with Crippen molar-refractivity contribution < 1.29 is 24.2 Å². The molecule has 7 aliphatic carbocycles. The van der Waals surface area contributed by atoms with Crippen molar-refractivity contribution in [3.8, 4) is 11.3 Å². The van der Waals surface area contributed by atoms with Gasteiger partial charge in [0.05, 0.1) is 35.2 Å². The van der Waals surface area contributed by atoms with Crippen LogP contribution in [0.1, 0.15) is 170 Å². The molecule has 0 bridgehead atoms. The average Bonchev–Trinajstić information content (AvgIpc) is 3.60. The van der Waals surface area contributed by atoms with Gasteiger partial charge in [-0.1, -0.05) is 85.7 Å². The zero-order valence-corrected chi connectivity index (χ0v) is 38.7. The standard InChI is InChI=1S/C53H75N3O5/c1-9-49(5)35(44(57)58)30-36(49)45(59)61-41-21-22-50(6)39(47(41,2)3)20-23-52(8)40(50)18-17-34-42-33(48(4)25-26-48)19-24-53(42,28-27-51(34,52)7)46(60)56-29-13-16-38(56)43-54-31-37(55-43)32-14-11-10-12-15-32/h10-12,14-15,31,33-36,38-42H,9,13,16-30H2,1-8H3,(H,54,55)(H,57,58). The normalized spacial score (nSPS) is 45.4. The third-order valence-corrected chi connectivity index (χ3v) is 21.9. The first kappa shape index (κ1) is 41.8. The van der Waals surface area contributed by atoms with Crippen LogP contribution in [0.15, 0.2) is 36.5 Å². The number of carbonyl (C=O) groups excluding carboxylic acids is 2. The molecule has 7 saturated carbocycles. The molecule has 14 atom stereocenters. The Labute approximate surface area is 365 Å². The van der Waals surface area contributed by atoms with Crippen LogP contribution in [-0.2, 0) is 19.1 Å². The molecule has 8 aliphatic rings. The fourth-order valence-electron chi connectivity index (χ4n) is 17.7. The van der Waals surface area contributed by atoms with Gasteiger partial charge in [0.25, 0.3) is 0 Å². The van der Waals surface area contributed by atoms with E-state index in [1.54, 1.807) is 0 Å². The number of benzene rings is 1. The van der Waals surface area contributed by atoms with E-state index in [0.717, 1.165) is 75.0 Å². The Morgan fingerprint density at radius 2 is 1.56 bits per heavy atom. The number of aromatic amines is 1. The summed E-state index contributed by atoms with van der Waals surface area (Å²) in [6.45, 7) is 20.1. The van der Waals surface area contributed by atoms with Crippen LogP contribution < -0.4 is 0 Å². The van der Waals surface area contributed by atoms with E-state index in [4.69, 9.17) is 9.72 Å². The van der Waals surface area contributed by atoms with E-state index >= 15 is 4.79 Å². The first-order chi connectivity index (χ1) is 28.9. The van der Waals surface area contributed by atoms with Gasteiger partial charge >= 0.3 is 11.9 Å². The molecule has 10 rings (SSSR count). The summed E-state index contributed by atoms with van der Waals surface area (Å²) in [5.41, 5.74) is 1.99. The molecule has 8 heteroatoms. The van der Waals surface area contributed by atoms with Crippen LogP contribution in [0, 0.1) is 79.3 Å². The first-order valence-corrected chi connectivity index (χ1v) is 24.7. The van der Waals surface area contributed by atoms with Crippen molar-refractivity contribution in [2.45, 2.75) is 170 Å². The molecule has 0 radical (unpaired) electrons. The fourth-order valence-corrected chi connectivity index (χ4v) is 17.7. The van der Waals surface area contributed by atoms with E-state index in [1.807, 2.05) is 26.1 Å². The number of amides is 1. The molecule has 14 unspecified atom stereocenters. The van der Waals surface area contributed by atoms with Crippen molar-refractivity contribution in [3.63, 3.8) is 0 Å². The van der Waals surface area contributed by atoms with E-state index in [-0.39, 0.29) is 51.1 Å². The molecule has 1 aromatic heterocycles. The van der Waals surface area contributed by atoms with Crippen molar-refractivity contribution in [1.82, 2.24) is 14.9 Å². The molecule has 1 saturated heterocycles. The lowest BCUT2D eigenvalue weighted by atomic mass is 9.32. The van der Waals surface area contributed by atoms with E-state index in [2.05, 4.69) is 75.7 Å². The van der Waals surface area contributed by atoms with Crippen molar-refractivity contribution >= 4 is 17.8 Å². The van der Waals surface area contributed by atoms with Gasteiger partial charge in [0.15, 0.2) is 0 Å². The molecular formula is C53H75N3O5. The topological polar surface area (TPSA) is 113 Å². The number of esters is 1. The average molecular weight is 834 g/mol. The highest BCUT2D eigenvalue weighted by molar-refractivity contribution is 5.85. The maximum Gasteiger partial charge on any atom is 0.309 e. The van der Waals surface area contributed by atoms with Gasteiger partial charge in [0.2, 0.25) is 5.91 Å². The van der Waals surface area contributed by atoms with Crippen LogP contribution in [-0.4, -0.2) is 50.5 Å². The molecule has 0 spiro atoms. The Bertz CT molecular complexity index is 2070. The highest BCUT2D eigenvalue weighted by atomic mass is 16.5. The van der Waals surface area contributed by atoms with E-state index in [0.29, 0.717) is 53.8 Å². The summed E-state index contributed by atoms with van der Waals surface area (Å²) < 4.78 is 6.55. The number of ether oxygens (including phenoxy) is 1. The lowest BCUT2D eigenvalue weighted by molar-refractivity contribution is -0.253. The summed E-state index contributed by atoms with van der Waals surface area (Å²) in [5, 5.41) is 9.85. The summed E-state index contributed by atoms with van der Waals surface area (Å²) >= 11 is 0. The fraction of sp³-hybridized carbons (Fsp3) is 0.774. The Kier molecular flexibility index (Phi) is 9.54. The number of carbonyl (C=O) groups is 3. The molecular weight excluding hydrogens is 759 g/mol. The molecule has 2 heterocycles. The number of nitrogens with zero attached hydrogens (tertiary/aromatic N) is 2. The van der Waals surface area contributed by atoms with Crippen molar-refractivity contribution in [1.29, 1.82) is 0 Å². The number of hydrogen-bond donors (Lipinski definition) is 2. The maximum absolute atomic E-state index is 15.7. The second kappa shape index (κ2) is 13.9. The number of H-pyrrole nitrogens is 1. The number of nitrogens with one attached hydrogen (secondary N) is 1. The maximum atomic E-state index is 15.7. The van der Waals surface area contributed by atoms with Crippen LogP contribution in [0.25, 0.3) is 11.3 Å². The van der Waals surface area contributed by atoms with Crippen LogP contribution in [0.3, 0.4) is 0 Å². The number of aromatic nitrogens is 2. The SMILES string of the molecule is CCC1(C)C(C(=O)O)CC1C(=O)OC1CCC2(C)C(CCC3(C)C2CCC2C4C(C5(C)CC5)CCC4(C(=O)N4CCCC4c4ncc(-c5ccccc5)[nH]4)CCC23C)C1(C)C. The number of imidazole rings is 1. The van der Waals surface area contributed by atoms with Crippen LogP contribution in [0.5, 0.6) is 0 Å². The molecule has 8 fully saturated rings. The second-order valence-corrected chi connectivity index (χ2v) is 24.2. The number of likely N-dealkylation sites (tertiary alicyclic amines) is 1. The summed E-state index contributed by atoms with van der Waals surface area (Å²) in [4.78, 5) is 52.5. The first-order valence-electron chi connectivity index (χ1n) is 24.7. The number of carboxylic acids is 1. The van der Waals surface area contributed by atoms with E-state index in [9.17, 15) is 14.7 Å². The molecule has 2 aromatic rings. The third-order valence-electron chi connectivity index (χ3n) is 21.9. The summed E-state index contributed by atoms with van der Waals surface area (Å²) in [6, 6.07) is 10.4. The monoisotopic (exact) mass is 834 g/mol. The molecule has 8 nitrogen and oxygen atoms in total. The number of rotatable bonds is 8. The Morgan fingerprint density at radius 1 is 0.803 bits per heavy atom. The van der Waals surface area contributed by atoms with Crippen LogP contribution in [0.2, 0.25) is 0 Å². The van der Waals surface area contributed by atoms with Crippen molar-refractivity contribution in [3.05, 3.63) is 42.4 Å². The molecule has 2 N–H and O–H groups in total. The minimum absolute atomic E-state index is 0.0108. The van der Waals surface area contributed by atoms with Gasteiger partial charge in [-0.05, 0) is 165 Å². The quantitative estimate of drug-likeness (QED) is 0.256. The third kappa shape index (κ3) is 5.72. The Balaban J connectivity index is 0.912. The van der Waals surface area contributed by atoms with Crippen molar-refractivity contribution in [2.75, 3.05) is 6.54 Å². The van der Waals surface area contributed by atoms with E-state index < -0.39 is 17.3 Å². The number of carboxylic acid groups (broad SMARTS) is 1. The predicted octanol–water partition coefficient (Wildman–Crippen LogP) is 11.7. The smallest absolute Gasteiger partial charge is 0.309 e. The van der Waals surface area contributed by atoms with Gasteiger partial charge in [-0.3, -0.25) is 14.4 Å². The van der Waals surface area contributed by atoms with Gasteiger partial charge in [-0.2, -0.15) is 0 Å². The molecule has 1 aliphatic heterocycles. The highest BCUT2D eigenvalue weighted by Gasteiger charge is 2.74. The van der Waals surface area contributed by atoms with Gasteiger partial charge in [-0.25, -0.2) is 4.98 Å². The minimum atomic E-state index is -0.792. The lowest BCUT2D eigenvalue weighted by Crippen LogP contribution is -2.67. The highest BCUT2D eigenvalue weighted by Crippen LogP contribution is 2.79. The Hall–Kier alpha value is -3.16. The summed E-state index contributed by atoms with van der Waals surface area (Å²) in [5.74, 6) is 2.22. The molecule has 1 aromatic carbocycles. The lowest BCUT2D eigenvalue weighted by Gasteiger charge is -2.73. The second-order valence-electron chi connectivity index (χ2n) is 24.2. The van der Waals surface area contributed by atoms with Crippen LogP contribution in [0.4, 0.5) is 0 Å². The molecule has 61 heavy (non-hydrogen) atoms. The van der Waals surface area contributed by atoms with Crippen LogP contribution >= 0.6 is 0 Å². The number of aliphatic carboxylic acids is 1. The van der Waals surface area contributed by atoms with E-state index in [1.165, 1.54) is 38.5 Å². The van der Waals surface area contributed by atoms with Gasteiger partial charge in [0, 0.05) is 12.0 Å². The molecule has 332 valence electrons. The summed E-state index contributed by atoms with van der Waals surface area (Å²) in [7, 11) is 0. The summed E-state index contributed by atoms with van der Waals surface area (Å²) in [6.07, 6.45) is 18.6. The van der Waals surface area contributed by atoms with Crippen molar-refractivity contribution in [2.24, 2.45) is 79.3 Å². The van der Waals surface area contributed by atoms with Gasteiger partial charge in [0.1, 0.15) is 11.9 Å². The number of hydrogen-bond acceptors (Lipinski definition) is 5. The zero-order chi connectivity index (χ0) is 43.1. The largest absolute Gasteiger partial charge is 0.481 e. The zero-order valence-electron chi connectivity index (χ0n) is 38.7. The predicted molar refractivity (Wildman–Crippen MR) is 237 cm³/mol. The number of fused-ring (bicyclic) bond motifs is 7. The molecule has 1 amide bonds.